The van der Waals surface area contributed by atoms with Crippen LogP contribution < -0.4 is 20.1 Å². The Balaban J connectivity index is 1.61. The molecular weight excluding hydrogens is 417 g/mol. The summed E-state index contributed by atoms with van der Waals surface area (Å²) in [5.41, 5.74) is 0.0837. The van der Waals surface area contributed by atoms with E-state index in [0.29, 0.717) is 30.0 Å². The van der Waals surface area contributed by atoms with Crippen molar-refractivity contribution in [2.75, 3.05) is 27.3 Å². The zero-order chi connectivity index (χ0) is 23.3. The Bertz CT molecular complexity index is 1010. The molecule has 2 N–H and O–H groups in total. The summed E-state index contributed by atoms with van der Waals surface area (Å²) in [6, 6.07) is 10.2. The molecule has 170 valence electrons. The van der Waals surface area contributed by atoms with Crippen LogP contribution in [0.15, 0.2) is 42.5 Å². The molecular formula is C23H26FN3O5. The van der Waals surface area contributed by atoms with Crippen molar-refractivity contribution in [1.82, 2.24) is 15.5 Å². The molecule has 8 nitrogen and oxygen atoms in total. The maximum atomic E-state index is 13.3. The Kier molecular flexibility index (Phi) is 6.97. The number of halogens is 1. The molecule has 0 aliphatic carbocycles. The van der Waals surface area contributed by atoms with Crippen molar-refractivity contribution < 1.29 is 28.2 Å². The summed E-state index contributed by atoms with van der Waals surface area (Å²) in [5, 5.41) is 5.40. The van der Waals surface area contributed by atoms with Gasteiger partial charge < -0.3 is 20.1 Å². The lowest BCUT2D eigenvalue weighted by molar-refractivity contribution is -0.135. The van der Waals surface area contributed by atoms with Gasteiger partial charge in [-0.05, 0) is 48.2 Å². The van der Waals surface area contributed by atoms with Crippen molar-refractivity contribution >= 4 is 17.8 Å². The average molecular weight is 443 g/mol. The van der Waals surface area contributed by atoms with Crippen molar-refractivity contribution in [1.29, 1.82) is 0 Å². The smallest absolute Gasteiger partial charge is 0.325 e. The number of carbonyl (C=O) groups excluding carboxylic acids is 3. The van der Waals surface area contributed by atoms with Crippen LogP contribution in [0.1, 0.15) is 24.5 Å². The number of hydrogen-bond donors (Lipinski definition) is 2. The van der Waals surface area contributed by atoms with Crippen LogP contribution in [-0.2, 0) is 21.5 Å². The second-order valence-electron chi connectivity index (χ2n) is 7.38. The van der Waals surface area contributed by atoms with Gasteiger partial charge in [0.1, 0.15) is 17.9 Å². The normalized spacial score (nSPS) is 17.8. The molecule has 9 heteroatoms. The number of rotatable bonds is 9. The first-order valence-corrected chi connectivity index (χ1v) is 10.2. The third kappa shape index (κ3) is 4.51. The number of hydrogen-bond acceptors (Lipinski definition) is 5. The topological polar surface area (TPSA) is 97.0 Å². The van der Waals surface area contributed by atoms with E-state index in [1.807, 2.05) is 12.1 Å². The minimum absolute atomic E-state index is 0.265. The Hall–Kier alpha value is -3.62. The van der Waals surface area contributed by atoms with E-state index in [2.05, 4.69) is 10.6 Å². The number of carbonyl (C=O) groups is 3. The number of urea groups is 1. The maximum Gasteiger partial charge on any atom is 0.325 e. The minimum Gasteiger partial charge on any atom is -0.493 e. The molecule has 1 fully saturated rings. The van der Waals surface area contributed by atoms with E-state index < -0.39 is 35.7 Å². The lowest BCUT2D eigenvalue weighted by Crippen LogP contribution is -2.45. The Labute approximate surface area is 185 Å². The van der Waals surface area contributed by atoms with E-state index in [4.69, 9.17) is 9.47 Å². The molecule has 4 amide bonds. The van der Waals surface area contributed by atoms with Gasteiger partial charge in [-0.25, -0.2) is 9.18 Å². The third-order valence-corrected chi connectivity index (χ3v) is 5.53. The van der Waals surface area contributed by atoms with E-state index in [0.717, 1.165) is 10.5 Å². The summed E-state index contributed by atoms with van der Waals surface area (Å²) >= 11 is 0. The van der Waals surface area contributed by atoms with Crippen LogP contribution in [0.4, 0.5) is 9.18 Å². The predicted molar refractivity (Wildman–Crippen MR) is 115 cm³/mol. The first-order chi connectivity index (χ1) is 15.3. The molecule has 32 heavy (non-hydrogen) atoms. The van der Waals surface area contributed by atoms with Crippen LogP contribution >= 0.6 is 0 Å². The second kappa shape index (κ2) is 9.67. The van der Waals surface area contributed by atoms with E-state index in [-0.39, 0.29) is 6.42 Å². The zero-order valence-corrected chi connectivity index (χ0v) is 18.2. The van der Waals surface area contributed by atoms with Crippen LogP contribution in [0.3, 0.4) is 0 Å². The predicted octanol–water partition coefficient (Wildman–Crippen LogP) is 2.36. The van der Waals surface area contributed by atoms with E-state index in [1.165, 1.54) is 24.3 Å². The molecule has 0 aromatic heterocycles. The average Bonchev–Trinajstić information content (AvgIpc) is 3.04. The summed E-state index contributed by atoms with van der Waals surface area (Å²) in [6.45, 7) is 1.66. The fraction of sp³-hybridized carbons (Fsp3) is 0.348. The van der Waals surface area contributed by atoms with Gasteiger partial charge in [-0.3, -0.25) is 14.5 Å². The van der Waals surface area contributed by atoms with Crippen molar-refractivity contribution in [2.24, 2.45) is 0 Å². The van der Waals surface area contributed by atoms with Crippen LogP contribution in [0, 0.1) is 5.82 Å². The number of nitrogens with zero attached hydrogens (tertiary/aromatic N) is 1. The molecule has 1 atom stereocenters. The van der Waals surface area contributed by atoms with Gasteiger partial charge in [0.05, 0.1) is 14.2 Å². The molecule has 0 spiro atoms. The van der Waals surface area contributed by atoms with E-state index >= 15 is 0 Å². The van der Waals surface area contributed by atoms with Crippen LogP contribution in [0.5, 0.6) is 11.5 Å². The number of benzene rings is 2. The summed E-state index contributed by atoms with van der Waals surface area (Å²) < 4.78 is 23.8. The maximum absolute atomic E-state index is 13.3. The molecule has 2 aromatic carbocycles. The number of ether oxygens (including phenoxy) is 2. The Morgan fingerprint density at radius 3 is 2.41 bits per heavy atom. The summed E-state index contributed by atoms with van der Waals surface area (Å²) in [5.74, 6) is -0.235. The molecule has 2 aromatic rings. The van der Waals surface area contributed by atoms with Gasteiger partial charge in [-0.1, -0.05) is 25.1 Å². The molecule has 0 saturated carbocycles. The number of amides is 4. The SMILES string of the molecule is CCC1(c2ccc(F)cc2)NC(=O)N(CC(=O)NCCc2ccc(OC)c(OC)c2)C1=O. The highest BCUT2D eigenvalue weighted by atomic mass is 19.1. The minimum atomic E-state index is -1.31. The lowest BCUT2D eigenvalue weighted by Gasteiger charge is -2.25. The van der Waals surface area contributed by atoms with Gasteiger partial charge in [-0.15, -0.1) is 0 Å². The van der Waals surface area contributed by atoms with Gasteiger partial charge in [0.15, 0.2) is 11.5 Å². The van der Waals surface area contributed by atoms with Gasteiger partial charge in [0, 0.05) is 6.54 Å². The molecule has 1 aliphatic rings. The van der Waals surface area contributed by atoms with Gasteiger partial charge >= 0.3 is 6.03 Å². The summed E-state index contributed by atoms with van der Waals surface area (Å²) in [6.07, 6.45) is 0.793. The monoisotopic (exact) mass is 443 g/mol. The van der Waals surface area contributed by atoms with Crippen molar-refractivity contribution in [3.63, 3.8) is 0 Å². The van der Waals surface area contributed by atoms with Gasteiger partial charge in [0.25, 0.3) is 5.91 Å². The van der Waals surface area contributed by atoms with Gasteiger partial charge in [-0.2, -0.15) is 0 Å². The molecule has 1 saturated heterocycles. The zero-order valence-electron chi connectivity index (χ0n) is 18.2. The quantitative estimate of drug-likeness (QED) is 0.580. The molecule has 1 unspecified atom stereocenters. The Morgan fingerprint density at radius 1 is 1.09 bits per heavy atom. The van der Waals surface area contributed by atoms with Gasteiger partial charge in [0.2, 0.25) is 5.91 Å². The number of methoxy groups -OCH3 is 2. The first-order valence-electron chi connectivity index (χ1n) is 10.2. The standard InChI is InChI=1S/C23H26FN3O5/c1-4-23(16-6-8-17(24)9-7-16)21(29)27(22(30)26-23)14-20(28)25-12-11-15-5-10-18(31-2)19(13-15)32-3/h5-10,13H,4,11-12,14H2,1-3H3,(H,25,28)(H,26,30). The fourth-order valence-electron chi connectivity index (χ4n) is 3.73. The molecule has 0 radical (unpaired) electrons. The highest BCUT2D eigenvalue weighted by Crippen LogP contribution is 2.32. The van der Waals surface area contributed by atoms with E-state index in [9.17, 15) is 18.8 Å². The Morgan fingerprint density at radius 2 is 1.78 bits per heavy atom. The van der Waals surface area contributed by atoms with Crippen molar-refractivity contribution in [3.8, 4) is 11.5 Å². The second-order valence-corrected chi connectivity index (χ2v) is 7.38. The highest BCUT2D eigenvalue weighted by Gasteiger charge is 2.51. The molecule has 1 aliphatic heterocycles. The fourth-order valence-corrected chi connectivity index (χ4v) is 3.73. The van der Waals surface area contributed by atoms with Crippen molar-refractivity contribution in [3.05, 3.63) is 59.4 Å². The summed E-state index contributed by atoms with van der Waals surface area (Å²) in [7, 11) is 3.10. The molecule has 3 rings (SSSR count). The number of nitrogens with one attached hydrogen (secondary N) is 2. The molecule has 0 bridgehead atoms. The van der Waals surface area contributed by atoms with Crippen LogP contribution in [-0.4, -0.2) is 50.1 Å². The molecule has 1 heterocycles. The lowest BCUT2D eigenvalue weighted by atomic mass is 9.87. The van der Waals surface area contributed by atoms with Crippen molar-refractivity contribution in [2.45, 2.75) is 25.3 Å². The van der Waals surface area contributed by atoms with E-state index in [1.54, 1.807) is 27.2 Å². The summed E-state index contributed by atoms with van der Waals surface area (Å²) in [4.78, 5) is 38.8. The van der Waals surface area contributed by atoms with Crippen LogP contribution in [0.25, 0.3) is 0 Å². The highest BCUT2D eigenvalue weighted by molar-refractivity contribution is 6.09. The third-order valence-electron chi connectivity index (χ3n) is 5.53. The van der Waals surface area contributed by atoms with Crippen LogP contribution in [0.2, 0.25) is 0 Å². The number of imide groups is 1. The first kappa shape index (κ1) is 23.1. The largest absolute Gasteiger partial charge is 0.493 e.